The van der Waals surface area contributed by atoms with E-state index < -0.39 is 6.03 Å². The molecule has 88 valence electrons. The van der Waals surface area contributed by atoms with E-state index in [9.17, 15) is 4.79 Å². The molecule has 1 fully saturated rings. The molecule has 0 aromatic heterocycles. The Hall–Kier alpha value is -0.770. The lowest BCUT2D eigenvalue weighted by molar-refractivity contribution is 0.104. The van der Waals surface area contributed by atoms with Crippen LogP contribution in [0.25, 0.3) is 0 Å². The summed E-state index contributed by atoms with van der Waals surface area (Å²) in [6.07, 6.45) is 2.50. The SMILES string of the molecule is CN1CCCC(C(C)(C)CNC(N)=O)C1. The highest BCUT2D eigenvalue weighted by molar-refractivity contribution is 5.71. The second kappa shape index (κ2) is 4.84. The van der Waals surface area contributed by atoms with E-state index in [1.165, 1.54) is 19.4 Å². The summed E-state index contributed by atoms with van der Waals surface area (Å²) in [5.74, 6) is 0.642. The van der Waals surface area contributed by atoms with Gasteiger partial charge in [-0.05, 0) is 37.8 Å². The van der Waals surface area contributed by atoms with E-state index in [1.54, 1.807) is 0 Å². The molecule has 1 unspecified atom stereocenters. The number of carbonyl (C=O) groups excluding carboxylic acids is 1. The molecule has 0 bridgehead atoms. The van der Waals surface area contributed by atoms with Crippen LogP contribution in [0.15, 0.2) is 0 Å². The van der Waals surface area contributed by atoms with Crippen molar-refractivity contribution in [2.24, 2.45) is 17.1 Å². The summed E-state index contributed by atoms with van der Waals surface area (Å²) < 4.78 is 0. The van der Waals surface area contributed by atoms with Gasteiger partial charge < -0.3 is 16.0 Å². The molecule has 1 aliphatic heterocycles. The fourth-order valence-corrected chi connectivity index (χ4v) is 2.26. The largest absolute Gasteiger partial charge is 0.352 e. The van der Waals surface area contributed by atoms with Crippen molar-refractivity contribution in [3.63, 3.8) is 0 Å². The smallest absolute Gasteiger partial charge is 0.312 e. The van der Waals surface area contributed by atoms with Crippen LogP contribution < -0.4 is 11.1 Å². The third kappa shape index (κ3) is 3.70. The minimum atomic E-state index is -0.424. The van der Waals surface area contributed by atoms with E-state index >= 15 is 0 Å². The van der Waals surface area contributed by atoms with Gasteiger partial charge in [-0.1, -0.05) is 13.8 Å². The Morgan fingerprint density at radius 3 is 2.80 bits per heavy atom. The number of urea groups is 1. The van der Waals surface area contributed by atoms with Crippen LogP contribution in [0.1, 0.15) is 26.7 Å². The lowest BCUT2D eigenvalue weighted by atomic mass is 9.74. The number of hydrogen-bond donors (Lipinski definition) is 2. The van der Waals surface area contributed by atoms with Gasteiger partial charge in [-0.15, -0.1) is 0 Å². The summed E-state index contributed by atoms with van der Waals surface area (Å²) in [6, 6.07) is -0.424. The highest BCUT2D eigenvalue weighted by Gasteiger charge is 2.32. The maximum absolute atomic E-state index is 10.7. The van der Waals surface area contributed by atoms with E-state index in [0.717, 1.165) is 6.54 Å². The molecule has 4 heteroatoms. The number of nitrogens with two attached hydrogens (primary N) is 1. The molecule has 0 aromatic carbocycles. The molecule has 1 heterocycles. The molecular formula is C11H23N3O. The molecule has 0 spiro atoms. The first-order valence-electron chi connectivity index (χ1n) is 5.63. The van der Waals surface area contributed by atoms with Crippen molar-refractivity contribution in [1.29, 1.82) is 0 Å². The Labute approximate surface area is 92.2 Å². The number of primary amides is 1. The normalized spacial score (nSPS) is 23.8. The molecule has 1 saturated heterocycles. The van der Waals surface area contributed by atoms with Gasteiger partial charge in [-0.25, -0.2) is 4.79 Å². The molecule has 3 N–H and O–H groups in total. The van der Waals surface area contributed by atoms with E-state index in [4.69, 9.17) is 5.73 Å². The van der Waals surface area contributed by atoms with Gasteiger partial charge in [0.25, 0.3) is 0 Å². The standard InChI is InChI=1S/C11H23N3O/c1-11(2,8-13-10(12)15)9-5-4-6-14(3)7-9/h9H,4-8H2,1-3H3,(H3,12,13,15). The van der Waals surface area contributed by atoms with Crippen LogP contribution in [-0.4, -0.2) is 37.6 Å². The van der Waals surface area contributed by atoms with Crippen LogP contribution in [0.3, 0.4) is 0 Å². The first kappa shape index (κ1) is 12.3. The van der Waals surface area contributed by atoms with Crippen LogP contribution in [0.5, 0.6) is 0 Å². The van der Waals surface area contributed by atoms with Gasteiger partial charge in [0.2, 0.25) is 0 Å². The topological polar surface area (TPSA) is 58.4 Å². The van der Waals surface area contributed by atoms with Crippen LogP contribution in [0, 0.1) is 11.3 Å². The number of amides is 2. The second-order valence-electron chi connectivity index (χ2n) is 5.31. The third-order valence-corrected chi connectivity index (χ3v) is 3.45. The number of carbonyl (C=O) groups is 1. The van der Waals surface area contributed by atoms with Crippen molar-refractivity contribution >= 4 is 6.03 Å². The van der Waals surface area contributed by atoms with Crippen molar-refractivity contribution in [2.75, 3.05) is 26.7 Å². The lowest BCUT2D eigenvalue weighted by Gasteiger charge is -2.40. The zero-order valence-corrected chi connectivity index (χ0v) is 10.0. The molecule has 0 aliphatic carbocycles. The summed E-state index contributed by atoms with van der Waals surface area (Å²) in [6.45, 7) is 7.38. The summed E-state index contributed by atoms with van der Waals surface area (Å²) in [5, 5.41) is 2.72. The van der Waals surface area contributed by atoms with Crippen LogP contribution in [-0.2, 0) is 0 Å². The van der Waals surface area contributed by atoms with Gasteiger partial charge in [0.15, 0.2) is 0 Å². The molecule has 0 saturated carbocycles. The number of likely N-dealkylation sites (tertiary alicyclic amines) is 1. The molecule has 2 amide bonds. The quantitative estimate of drug-likeness (QED) is 0.735. The van der Waals surface area contributed by atoms with Gasteiger partial charge in [0.1, 0.15) is 0 Å². The molecule has 1 aliphatic rings. The third-order valence-electron chi connectivity index (χ3n) is 3.45. The highest BCUT2D eigenvalue weighted by Crippen LogP contribution is 2.32. The maximum Gasteiger partial charge on any atom is 0.312 e. The van der Waals surface area contributed by atoms with Crippen LogP contribution >= 0.6 is 0 Å². The van der Waals surface area contributed by atoms with Gasteiger partial charge in [-0.2, -0.15) is 0 Å². The average Bonchev–Trinajstić information content (AvgIpc) is 2.15. The molecule has 1 rings (SSSR count). The zero-order chi connectivity index (χ0) is 11.5. The molecular weight excluding hydrogens is 190 g/mol. The number of hydrogen-bond acceptors (Lipinski definition) is 2. The van der Waals surface area contributed by atoms with Crippen molar-refractivity contribution in [3.8, 4) is 0 Å². The van der Waals surface area contributed by atoms with Crippen molar-refractivity contribution < 1.29 is 4.79 Å². The predicted molar refractivity (Wildman–Crippen MR) is 61.6 cm³/mol. The Morgan fingerprint density at radius 1 is 1.60 bits per heavy atom. The monoisotopic (exact) mass is 213 g/mol. The number of nitrogens with zero attached hydrogens (tertiary/aromatic N) is 1. The summed E-state index contributed by atoms with van der Waals surface area (Å²) in [4.78, 5) is 13.1. The van der Waals surface area contributed by atoms with Gasteiger partial charge in [0.05, 0.1) is 0 Å². The number of rotatable bonds is 3. The number of nitrogens with one attached hydrogen (secondary N) is 1. The second-order valence-corrected chi connectivity index (χ2v) is 5.31. The van der Waals surface area contributed by atoms with E-state index in [1.807, 2.05) is 0 Å². The molecule has 0 aromatic rings. The zero-order valence-electron chi connectivity index (χ0n) is 10.0. The molecule has 15 heavy (non-hydrogen) atoms. The van der Waals surface area contributed by atoms with Crippen molar-refractivity contribution in [3.05, 3.63) is 0 Å². The Bertz CT molecular complexity index is 228. The van der Waals surface area contributed by atoms with Crippen LogP contribution in [0.4, 0.5) is 4.79 Å². The van der Waals surface area contributed by atoms with E-state index in [-0.39, 0.29) is 5.41 Å². The molecule has 1 atom stereocenters. The Kier molecular flexibility index (Phi) is 3.97. The highest BCUT2D eigenvalue weighted by atomic mass is 16.2. The number of piperidine rings is 1. The van der Waals surface area contributed by atoms with Crippen molar-refractivity contribution in [2.45, 2.75) is 26.7 Å². The predicted octanol–water partition coefficient (Wildman–Crippen LogP) is 1.02. The Morgan fingerprint density at radius 2 is 2.27 bits per heavy atom. The van der Waals surface area contributed by atoms with E-state index in [2.05, 4.69) is 31.1 Å². The fraction of sp³-hybridized carbons (Fsp3) is 0.909. The maximum atomic E-state index is 10.7. The Balaban J connectivity index is 2.47. The van der Waals surface area contributed by atoms with Gasteiger partial charge in [-0.3, -0.25) is 0 Å². The minimum absolute atomic E-state index is 0.129. The van der Waals surface area contributed by atoms with Crippen LogP contribution in [0.2, 0.25) is 0 Å². The molecule has 4 nitrogen and oxygen atoms in total. The lowest BCUT2D eigenvalue weighted by Crippen LogP contribution is -2.46. The van der Waals surface area contributed by atoms with Gasteiger partial charge in [0, 0.05) is 13.1 Å². The minimum Gasteiger partial charge on any atom is -0.352 e. The van der Waals surface area contributed by atoms with Gasteiger partial charge >= 0.3 is 6.03 Å². The fourth-order valence-electron chi connectivity index (χ4n) is 2.26. The van der Waals surface area contributed by atoms with E-state index in [0.29, 0.717) is 12.5 Å². The first-order valence-corrected chi connectivity index (χ1v) is 5.63. The molecule has 0 radical (unpaired) electrons. The van der Waals surface area contributed by atoms with Crippen molar-refractivity contribution in [1.82, 2.24) is 10.2 Å². The average molecular weight is 213 g/mol. The summed E-state index contributed by atoms with van der Waals surface area (Å²) in [5.41, 5.74) is 5.22. The summed E-state index contributed by atoms with van der Waals surface area (Å²) in [7, 11) is 2.16. The summed E-state index contributed by atoms with van der Waals surface area (Å²) >= 11 is 0. The first-order chi connectivity index (χ1) is 6.92.